The molecule has 122 valence electrons. The van der Waals surface area contributed by atoms with Gasteiger partial charge in [0, 0.05) is 16.7 Å². The molecule has 0 saturated heterocycles. The molecule has 2 heterocycles. The number of H-pyrrole nitrogens is 1. The van der Waals surface area contributed by atoms with E-state index < -0.39 is 11.9 Å². The molecule has 4 rings (SSSR count). The van der Waals surface area contributed by atoms with Crippen molar-refractivity contribution >= 4 is 0 Å². The number of aromatic nitrogens is 4. The Kier molecular flexibility index (Phi) is 2.63. The standard InChI is InChI=1S/C16H17F3N4/c1-14(2)8-4-5-15(14,3)13-11(8)12(22-23-13)9-6-10(16(17,18)19)21-7-20-9/h6-8H,4-5H2,1-3H3,(H,22,23). The lowest BCUT2D eigenvalue weighted by Gasteiger charge is -2.34. The van der Waals surface area contributed by atoms with Crippen LogP contribution in [-0.4, -0.2) is 20.2 Å². The number of alkyl halides is 3. The van der Waals surface area contributed by atoms with Gasteiger partial charge < -0.3 is 0 Å². The maximum atomic E-state index is 12.9. The molecule has 2 bridgehead atoms. The van der Waals surface area contributed by atoms with Gasteiger partial charge in [-0.05, 0) is 30.2 Å². The van der Waals surface area contributed by atoms with Gasteiger partial charge in [-0.15, -0.1) is 0 Å². The van der Waals surface area contributed by atoms with Crippen LogP contribution in [0.25, 0.3) is 11.4 Å². The Morgan fingerprint density at radius 2 is 1.96 bits per heavy atom. The van der Waals surface area contributed by atoms with Crippen molar-refractivity contribution in [2.24, 2.45) is 5.41 Å². The smallest absolute Gasteiger partial charge is 0.281 e. The van der Waals surface area contributed by atoms with Crippen LogP contribution in [0.15, 0.2) is 12.4 Å². The second-order valence-corrected chi connectivity index (χ2v) is 7.29. The van der Waals surface area contributed by atoms with E-state index in [9.17, 15) is 13.2 Å². The first-order chi connectivity index (χ1) is 10.7. The number of nitrogens with zero attached hydrogens (tertiary/aromatic N) is 3. The molecule has 7 heteroatoms. The van der Waals surface area contributed by atoms with Gasteiger partial charge in [-0.1, -0.05) is 20.8 Å². The fourth-order valence-corrected chi connectivity index (χ4v) is 4.40. The molecule has 1 N–H and O–H groups in total. The highest BCUT2D eigenvalue weighted by Gasteiger charge is 2.61. The van der Waals surface area contributed by atoms with Crippen molar-refractivity contribution in [1.29, 1.82) is 0 Å². The van der Waals surface area contributed by atoms with Gasteiger partial charge in [-0.25, -0.2) is 9.97 Å². The quantitative estimate of drug-likeness (QED) is 0.861. The molecule has 23 heavy (non-hydrogen) atoms. The topological polar surface area (TPSA) is 54.5 Å². The Morgan fingerprint density at radius 1 is 1.22 bits per heavy atom. The van der Waals surface area contributed by atoms with Crippen LogP contribution in [0.4, 0.5) is 13.2 Å². The van der Waals surface area contributed by atoms with Crippen LogP contribution in [0.1, 0.15) is 56.5 Å². The summed E-state index contributed by atoms with van der Waals surface area (Å²) < 4.78 is 38.7. The largest absolute Gasteiger partial charge is 0.433 e. The first kappa shape index (κ1) is 14.7. The molecule has 0 aromatic carbocycles. The molecule has 2 aromatic heterocycles. The predicted molar refractivity (Wildman–Crippen MR) is 77.7 cm³/mol. The fraction of sp³-hybridized carbons (Fsp3) is 0.562. The van der Waals surface area contributed by atoms with Crippen molar-refractivity contribution in [3.8, 4) is 11.4 Å². The summed E-state index contributed by atoms with van der Waals surface area (Å²) in [5.74, 6) is 0.292. The highest BCUT2D eigenvalue weighted by molar-refractivity contribution is 5.66. The van der Waals surface area contributed by atoms with E-state index >= 15 is 0 Å². The van der Waals surface area contributed by atoms with Gasteiger partial charge in [0.05, 0.1) is 5.69 Å². The monoisotopic (exact) mass is 322 g/mol. The lowest BCUT2D eigenvalue weighted by Crippen LogP contribution is -2.32. The zero-order valence-corrected chi connectivity index (χ0v) is 13.1. The summed E-state index contributed by atoms with van der Waals surface area (Å²) in [6, 6.07) is 0.984. The van der Waals surface area contributed by atoms with Crippen LogP contribution in [-0.2, 0) is 11.6 Å². The van der Waals surface area contributed by atoms with Gasteiger partial charge in [0.25, 0.3) is 0 Å². The van der Waals surface area contributed by atoms with Gasteiger partial charge in [0.2, 0.25) is 0 Å². The van der Waals surface area contributed by atoms with E-state index in [-0.39, 0.29) is 16.5 Å². The second-order valence-electron chi connectivity index (χ2n) is 7.29. The molecule has 0 aliphatic heterocycles. The fourth-order valence-electron chi connectivity index (χ4n) is 4.40. The Hall–Kier alpha value is -1.92. The molecular weight excluding hydrogens is 305 g/mol. The minimum atomic E-state index is -4.48. The summed E-state index contributed by atoms with van der Waals surface area (Å²) >= 11 is 0. The van der Waals surface area contributed by atoms with Crippen LogP contribution < -0.4 is 0 Å². The SMILES string of the molecule is CC12CCC(c3c(-c4cc(C(F)(F)F)ncn4)n[nH]c31)C2(C)C. The van der Waals surface area contributed by atoms with E-state index in [0.717, 1.165) is 36.5 Å². The van der Waals surface area contributed by atoms with Crippen LogP contribution in [0.5, 0.6) is 0 Å². The number of aromatic amines is 1. The molecular formula is C16H17F3N4. The van der Waals surface area contributed by atoms with E-state index in [4.69, 9.17) is 0 Å². The van der Waals surface area contributed by atoms with Crippen LogP contribution in [0.2, 0.25) is 0 Å². The molecule has 1 fully saturated rings. The van der Waals surface area contributed by atoms with Gasteiger partial charge in [-0.2, -0.15) is 18.3 Å². The number of halogens is 3. The number of hydrogen-bond acceptors (Lipinski definition) is 3. The molecule has 0 amide bonds. The van der Waals surface area contributed by atoms with Crippen molar-refractivity contribution < 1.29 is 13.2 Å². The number of fused-ring (bicyclic) bond motifs is 5. The van der Waals surface area contributed by atoms with Gasteiger partial charge in [0.15, 0.2) is 0 Å². The molecule has 0 radical (unpaired) electrons. The number of hydrogen-bond donors (Lipinski definition) is 1. The maximum absolute atomic E-state index is 12.9. The van der Waals surface area contributed by atoms with Crippen molar-refractivity contribution in [1.82, 2.24) is 20.2 Å². The average molecular weight is 322 g/mol. The summed E-state index contributed by atoms with van der Waals surface area (Å²) in [7, 11) is 0. The van der Waals surface area contributed by atoms with E-state index in [0.29, 0.717) is 11.6 Å². The minimum absolute atomic E-state index is 0.0157. The molecule has 1 saturated carbocycles. The highest BCUT2D eigenvalue weighted by atomic mass is 19.4. The first-order valence-corrected chi connectivity index (χ1v) is 7.64. The second kappa shape index (κ2) is 4.13. The first-order valence-electron chi connectivity index (χ1n) is 7.64. The van der Waals surface area contributed by atoms with E-state index in [2.05, 4.69) is 40.9 Å². The summed E-state index contributed by atoms with van der Waals surface area (Å²) in [6.07, 6.45) is -1.43. The van der Waals surface area contributed by atoms with E-state index in [1.807, 2.05) is 0 Å². The van der Waals surface area contributed by atoms with Crippen LogP contribution in [0, 0.1) is 5.41 Å². The van der Waals surface area contributed by atoms with Crippen molar-refractivity contribution in [2.75, 3.05) is 0 Å². The van der Waals surface area contributed by atoms with Crippen LogP contribution >= 0.6 is 0 Å². The summed E-state index contributed by atoms with van der Waals surface area (Å²) in [4.78, 5) is 7.36. The van der Waals surface area contributed by atoms with E-state index in [1.165, 1.54) is 0 Å². The molecule has 2 aliphatic rings. The van der Waals surface area contributed by atoms with Gasteiger partial charge >= 0.3 is 6.18 Å². The van der Waals surface area contributed by atoms with Gasteiger partial charge in [-0.3, -0.25) is 5.10 Å². The number of rotatable bonds is 1. The minimum Gasteiger partial charge on any atom is -0.281 e. The van der Waals surface area contributed by atoms with Crippen molar-refractivity contribution in [3.63, 3.8) is 0 Å². The van der Waals surface area contributed by atoms with Crippen LogP contribution in [0.3, 0.4) is 0 Å². The molecule has 0 spiro atoms. The Bertz CT molecular complexity index is 793. The lowest BCUT2D eigenvalue weighted by molar-refractivity contribution is -0.141. The zero-order chi connectivity index (χ0) is 16.6. The number of nitrogens with one attached hydrogen (secondary N) is 1. The predicted octanol–water partition coefficient (Wildman–Crippen LogP) is 4.06. The molecule has 2 aromatic rings. The average Bonchev–Trinajstić information content (AvgIpc) is 3.05. The third-order valence-corrected chi connectivity index (χ3v) is 6.13. The maximum Gasteiger partial charge on any atom is 0.433 e. The summed E-state index contributed by atoms with van der Waals surface area (Å²) in [5, 5.41) is 7.38. The molecule has 4 nitrogen and oxygen atoms in total. The molecule has 2 atom stereocenters. The van der Waals surface area contributed by atoms with Crippen molar-refractivity contribution in [3.05, 3.63) is 29.3 Å². The third-order valence-electron chi connectivity index (χ3n) is 6.13. The van der Waals surface area contributed by atoms with E-state index in [1.54, 1.807) is 0 Å². The highest BCUT2D eigenvalue weighted by Crippen LogP contribution is 2.68. The summed E-state index contributed by atoms with van der Waals surface area (Å²) in [5.41, 5.74) is 1.97. The Morgan fingerprint density at radius 3 is 2.65 bits per heavy atom. The molecule has 2 aliphatic carbocycles. The van der Waals surface area contributed by atoms with Crippen molar-refractivity contribution in [2.45, 2.75) is 51.1 Å². The van der Waals surface area contributed by atoms with Gasteiger partial charge in [0.1, 0.15) is 17.7 Å². The lowest BCUT2D eigenvalue weighted by atomic mass is 9.70. The third kappa shape index (κ3) is 1.70. The molecule has 2 unspecified atom stereocenters. The zero-order valence-electron chi connectivity index (χ0n) is 13.1. The Labute approximate surface area is 131 Å². The Balaban J connectivity index is 1.87. The summed E-state index contributed by atoms with van der Waals surface area (Å²) in [6.45, 7) is 6.66. The normalized spacial score (nSPS) is 28.2.